The van der Waals surface area contributed by atoms with E-state index in [1.165, 1.54) is 11.3 Å². The van der Waals surface area contributed by atoms with Crippen molar-refractivity contribution in [3.05, 3.63) is 79.3 Å². The summed E-state index contributed by atoms with van der Waals surface area (Å²) in [6, 6.07) is 13.0. The Bertz CT molecular complexity index is 1200. The SMILES string of the molecule is Cc1sc2nc(CN(Cc3cccs3)C(=O)Nc3ccccc3)[nH]c(=O)c2c1C. The minimum Gasteiger partial charge on any atom is -0.312 e. The number of fused-ring (bicyclic) bond motifs is 1. The molecule has 0 atom stereocenters. The van der Waals surface area contributed by atoms with Crippen molar-refractivity contribution in [3.8, 4) is 0 Å². The standard InChI is InChI=1S/C21H20N4O2S2/c1-13-14(2)29-20-18(13)19(26)23-17(24-20)12-25(11-16-9-6-10-28-16)21(27)22-15-7-4-3-5-8-15/h3-10H,11-12H2,1-2H3,(H,22,27)(H,23,24,26). The molecule has 6 nitrogen and oxygen atoms in total. The number of para-hydroxylation sites is 1. The molecule has 0 fully saturated rings. The molecule has 3 heterocycles. The van der Waals surface area contributed by atoms with E-state index in [-0.39, 0.29) is 18.1 Å². The molecule has 0 aliphatic rings. The van der Waals surface area contributed by atoms with E-state index in [9.17, 15) is 9.59 Å². The van der Waals surface area contributed by atoms with Crippen molar-refractivity contribution in [2.45, 2.75) is 26.9 Å². The van der Waals surface area contributed by atoms with Crippen LogP contribution in [0.4, 0.5) is 10.5 Å². The van der Waals surface area contributed by atoms with Crippen LogP contribution in [0, 0.1) is 13.8 Å². The molecule has 29 heavy (non-hydrogen) atoms. The highest BCUT2D eigenvalue weighted by atomic mass is 32.1. The molecule has 1 aromatic carbocycles. The number of benzene rings is 1. The van der Waals surface area contributed by atoms with Gasteiger partial charge in [-0.3, -0.25) is 4.79 Å². The lowest BCUT2D eigenvalue weighted by molar-refractivity contribution is 0.205. The quantitative estimate of drug-likeness (QED) is 0.478. The highest BCUT2D eigenvalue weighted by Gasteiger charge is 2.18. The second-order valence-electron chi connectivity index (χ2n) is 6.71. The van der Waals surface area contributed by atoms with Crippen molar-refractivity contribution in [3.63, 3.8) is 0 Å². The number of hydrogen-bond acceptors (Lipinski definition) is 5. The first kappa shape index (κ1) is 19.4. The Morgan fingerprint density at radius 2 is 1.93 bits per heavy atom. The Kier molecular flexibility index (Phi) is 5.46. The summed E-state index contributed by atoms with van der Waals surface area (Å²) in [6.07, 6.45) is 0. The maximum atomic E-state index is 13.0. The van der Waals surface area contributed by atoms with Crippen LogP contribution in [0.3, 0.4) is 0 Å². The predicted octanol–water partition coefficient (Wildman–Crippen LogP) is 4.90. The van der Waals surface area contributed by atoms with Gasteiger partial charge in [-0.15, -0.1) is 22.7 Å². The molecule has 4 rings (SSSR count). The fourth-order valence-electron chi connectivity index (χ4n) is 3.07. The molecular weight excluding hydrogens is 404 g/mol. The number of hydrogen-bond donors (Lipinski definition) is 2. The Balaban J connectivity index is 1.63. The highest BCUT2D eigenvalue weighted by molar-refractivity contribution is 7.18. The van der Waals surface area contributed by atoms with Crippen LogP contribution in [0.15, 0.2) is 52.6 Å². The van der Waals surface area contributed by atoms with Gasteiger partial charge in [0.1, 0.15) is 10.7 Å². The van der Waals surface area contributed by atoms with Crippen LogP contribution < -0.4 is 10.9 Å². The number of anilines is 1. The van der Waals surface area contributed by atoms with Crippen molar-refractivity contribution >= 4 is 44.6 Å². The lowest BCUT2D eigenvalue weighted by Gasteiger charge is -2.22. The molecule has 0 saturated carbocycles. The van der Waals surface area contributed by atoms with Crippen LogP contribution in [0.5, 0.6) is 0 Å². The number of nitrogens with zero attached hydrogens (tertiary/aromatic N) is 2. The summed E-state index contributed by atoms with van der Waals surface area (Å²) in [7, 11) is 0. The van der Waals surface area contributed by atoms with Gasteiger partial charge in [0.2, 0.25) is 0 Å². The molecule has 0 saturated heterocycles. The predicted molar refractivity (Wildman–Crippen MR) is 119 cm³/mol. The third-order valence-corrected chi connectivity index (χ3v) is 6.63. The first-order valence-corrected chi connectivity index (χ1v) is 10.8. The van der Waals surface area contributed by atoms with Gasteiger partial charge in [-0.05, 0) is 43.0 Å². The third kappa shape index (κ3) is 4.23. The average molecular weight is 425 g/mol. The summed E-state index contributed by atoms with van der Waals surface area (Å²) < 4.78 is 0. The highest BCUT2D eigenvalue weighted by Crippen LogP contribution is 2.26. The maximum Gasteiger partial charge on any atom is 0.322 e. The number of carbonyl (C=O) groups excluding carboxylic acids is 1. The molecule has 2 amide bonds. The number of rotatable bonds is 5. The van der Waals surface area contributed by atoms with Gasteiger partial charge >= 0.3 is 6.03 Å². The third-order valence-electron chi connectivity index (χ3n) is 4.67. The van der Waals surface area contributed by atoms with Gasteiger partial charge in [0.15, 0.2) is 0 Å². The maximum absolute atomic E-state index is 13.0. The van der Waals surface area contributed by atoms with E-state index >= 15 is 0 Å². The van der Waals surface area contributed by atoms with Crippen molar-refractivity contribution < 1.29 is 4.79 Å². The molecule has 8 heteroatoms. The van der Waals surface area contributed by atoms with Crippen molar-refractivity contribution in [2.75, 3.05) is 5.32 Å². The summed E-state index contributed by atoms with van der Waals surface area (Å²) in [4.78, 5) is 37.5. The monoisotopic (exact) mass is 424 g/mol. The van der Waals surface area contributed by atoms with E-state index in [1.807, 2.05) is 61.7 Å². The van der Waals surface area contributed by atoms with E-state index in [1.54, 1.807) is 16.2 Å². The number of H-pyrrole nitrogens is 1. The van der Waals surface area contributed by atoms with Crippen LogP contribution >= 0.6 is 22.7 Å². The van der Waals surface area contributed by atoms with Gasteiger partial charge in [-0.1, -0.05) is 24.3 Å². The number of thiophene rings is 2. The lowest BCUT2D eigenvalue weighted by atomic mass is 10.2. The van der Waals surface area contributed by atoms with E-state index in [2.05, 4.69) is 15.3 Å². The van der Waals surface area contributed by atoms with Crippen molar-refractivity contribution in [1.82, 2.24) is 14.9 Å². The van der Waals surface area contributed by atoms with E-state index in [0.29, 0.717) is 22.6 Å². The van der Waals surface area contributed by atoms with Gasteiger partial charge in [0, 0.05) is 15.4 Å². The normalized spacial score (nSPS) is 11.0. The number of aromatic nitrogens is 2. The summed E-state index contributed by atoms with van der Waals surface area (Å²) >= 11 is 3.09. The molecule has 0 aliphatic heterocycles. The number of nitrogens with one attached hydrogen (secondary N) is 2. The summed E-state index contributed by atoms with van der Waals surface area (Å²) in [6.45, 7) is 4.55. The Hall–Kier alpha value is -2.97. The van der Waals surface area contributed by atoms with Gasteiger partial charge < -0.3 is 15.2 Å². The lowest BCUT2D eigenvalue weighted by Crippen LogP contribution is -2.35. The first-order chi connectivity index (χ1) is 14.0. The number of urea groups is 1. The van der Waals surface area contributed by atoms with Crippen molar-refractivity contribution in [1.29, 1.82) is 0 Å². The minimum atomic E-state index is -0.245. The second kappa shape index (κ2) is 8.18. The van der Waals surface area contributed by atoms with Gasteiger partial charge in [0.25, 0.3) is 5.56 Å². The zero-order valence-electron chi connectivity index (χ0n) is 16.1. The van der Waals surface area contributed by atoms with E-state index < -0.39 is 0 Å². The Morgan fingerprint density at radius 1 is 1.14 bits per heavy atom. The first-order valence-electron chi connectivity index (χ1n) is 9.13. The van der Waals surface area contributed by atoms with Gasteiger partial charge in [-0.25, -0.2) is 9.78 Å². The molecule has 148 valence electrons. The fraction of sp³-hybridized carbons (Fsp3) is 0.190. The van der Waals surface area contributed by atoms with Crippen molar-refractivity contribution in [2.24, 2.45) is 0 Å². The Labute approximate surface area is 175 Å². The molecule has 4 aromatic rings. The molecule has 3 aromatic heterocycles. The number of amides is 2. The average Bonchev–Trinajstić information content (AvgIpc) is 3.30. The van der Waals surface area contributed by atoms with Crippen LogP contribution in [0.25, 0.3) is 10.2 Å². The Morgan fingerprint density at radius 3 is 2.66 bits per heavy atom. The molecule has 2 N–H and O–H groups in total. The number of aromatic amines is 1. The smallest absolute Gasteiger partial charge is 0.312 e. The van der Waals surface area contributed by atoms with Gasteiger partial charge in [0.05, 0.1) is 18.5 Å². The molecule has 0 bridgehead atoms. The van der Waals surface area contributed by atoms with Crippen LogP contribution in [0.1, 0.15) is 21.1 Å². The van der Waals surface area contributed by atoms with Crippen LogP contribution in [-0.4, -0.2) is 20.9 Å². The summed E-state index contributed by atoms with van der Waals surface area (Å²) in [5.41, 5.74) is 1.52. The zero-order chi connectivity index (χ0) is 20.4. The van der Waals surface area contributed by atoms with Crippen LogP contribution in [-0.2, 0) is 13.1 Å². The number of carbonyl (C=O) groups is 1. The molecule has 0 unspecified atom stereocenters. The molecular formula is C21H20N4O2S2. The van der Waals surface area contributed by atoms with E-state index in [0.717, 1.165) is 21.0 Å². The summed E-state index contributed by atoms with van der Waals surface area (Å²) in [5, 5.41) is 5.53. The fourth-order valence-corrected chi connectivity index (χ4v) is 4.84. The topological polar surface area (TPSA) is 78.1 Å². The molecule has 0 radical (unpaired) electrons. The van der Waals surface area contributed by atoms with Crippen LogP contribution in [0.2, 0.25) is 0 Å². The summed E-state index contributed by atoms with van der Waals surface area (Å²) in [5.74, 6) is 0.475. The van der Waals surface area contributed by atoms with Gasteiger partial charge in [-0.2, -0.15) is 0 Å². The minimum absolute atomic E-state index is 0.161. The molecule has 0 spiro atoms. The largest absolute Gasteiger partial charge is 0.322 e. The number of aryl methyl sites for hydroxylation is 2. The zero-order valence-corrected chi connectivity index (χ0v) is 17.7. The van der Waals surface area contributed by atoms with E-state index in [4.69, 9.17) is 0 Å². The second-order valence-corrected chi connectivity index (χ2v) is 8.94. The molecule has 0 aliphatic carbocycles.